The third-order valence-corrected chi connectivity index (χ3v) is 1.89. The van der Waals surface area contributed by atoms with Crippen molar-refractivity contribution >= 4 is 0 Å². The summed E-state index contributed by atoms with van der Waals surface area (Å²) in [7, 11) is 3.17. The molecule has 4 heteroatoms. The molecule has 13 heavy (non-hydrogen) atoms. The molecule has 0 atom stereocenters. The van der Waals surface area contributed by atoms with Gasteiger partial charge < -0.3 is 18.9 Å². The van der Waals surface area contributed by atoms with Gasteiger partial charge in [0.2, 0.25) is 18.3 Å². The predicted molar refractivity (Wildman–Crippen MR) is 45.7 cm³/mol. The number of benzene rings is 1. The summed E-state index contributed by atoms with van der Waals surface area (Å²) in [5, 5.41) is 0. The van der Waals surface area contributed by atoms with Crippen molar-refractivity contribution in [3.05, 3.63) is 12.1 Å². The number of rotatable bonds is 2. The van der Waals surface area contributed by atoms with Crippen LogP contribution in [0.4, 0.5) is 0 Å². The van der Waals surface area contributed by atoms with E-state index in [0.29, 0.717) is 23.0 Å². The molecule has 4 nitrogen and oxygen atoms in total. The van der Waals surface area contributed by atoms with Crippen LogP contribution >= 0.6 is 0 Å². The predicted octanol–water partition coefficient (Wildman–Crippen LogP) is 1.43. The van der Waals surface area contributed by atoms with Gasteiger partial charge in [-0.3, -0.25) is 0 Å². The van der Waals surface area contributed by atoms with Gasteiger partial charge in [0.25, 0.3) is 0 Å². The third kappa shape index (κ3) is 1.14. The average Bonchev–Trinajstić information content (AvgIpc) is 2.64. The van der Waals surface area contributed by atoms with Crippen LogP contribution < -0.4 is 18.9 Å². The molecular formula is C9H10O4. The molecule has 0 fully saturated rings. The first-order valence-corrected chi connectivity index (χ1v) is 3.87. The molecule has 2 rings (SSSR count). The Morgan fingerprint density at radius 1 is 1.00 bits per heavy atom. The molecule has 0 saturated carbocycles. The van der Waals surface area contributed by atoms with Crippen molar-refractivity contribution in [1.82, 2.24) is 0 Å². The molecule has 0 radical (unpaired) electrons. The van der Waals surface area contributed by atoms with Gasteiger partial charge in [-0.05, 0) is 12.1 Å². The summed E-state index contributed by atoms with van der Waals surface area (Å²) in [4.78, 5) is 0. The molecular weight excluding hydrogens is 172 g/mol. The first-order chi connectivity index (χ1) is 6.36. The second-order valence-corrected chi connectivity index (χ2v) is 2.53. The maximum atomic E-state index is 5.24. The van der Waals surface area contributed by atoms with Gasteiger partial charge in [-0.25, -0.2) is 0 Å². The summed E-state index contributed by atoms with van der Waals surface area (Å²) >= 11 is 0. The minimum absolute atomic E-state index is 0.214. The molecule has 1 aromatic carbocycles. The van der Waals surface area contributed by atoms with E-state index in [1.54, 1.807) is 26.4 Å². The normalized spacial score (nSPS) is 12.8. The Hall–Kier alpha value is -1.58. The zero-order valence-electron chi connectivity index (χ0n) is 7.49. The van der Waals surface area contributed by atoms with Crippen LogP contribution in [0, 0.1) is 0 Å². The highest BCUT2D eigenvalue weighted by molar-refractivity contribution is 5.60. The third-order valence-electron chi connectivity index (χ3n) is 1.89. The van der Waals surface area contributed by atoms with Crippen LogP contribution in [0.5, 0.6) is 23.0 Å². The number of ether oxygens (including phenoxy) is 4. The molecule has 1 aliphatic rings. The quantitative estimate of drug-likeness (QED) is 0.693. The number of methoxy groups -OCH3 is 2. The maximum absolute atomic E-state index is 5.24. The zero-order chi connectivity index (χ0) is 9.26. The molecule has 0 N–H and O–H groups in total. The second kappa shape index (κ2) is 3.05. The Morgan fingerprint density at radius 2 is 1.46 bits per heavy atom. The summed E-state index contributed by atoms with van der Waals surface area (Å²) in [6, 6.07) is 3.57. The van der Waals surface area contributed by atoms with E-state index >= 15 is 0 Å². The smallest absolute Gasteiger partial charge is 0.231 e. The second-order valence-electron chi connectivity index (χ2n) is 2.53. The molecule has 1 aromatic rings. The Labute approximate surface area is 76.0 Å². The van der Waals surface area contributed by atoms with E-state index in [2.05, 4.69) is 0 Å². The SMILES string of the molecule is COc1ccc(OC)c2c1OCO2. The van der Waals surface area contributed by atoms with E-state index < -0.39 is 0 Å². The monoisotopic (exact) mass is 182 g/mol. The summed E-state index contributed by atoms with van der Waals surface area (Å²) in [6.45, 7) is 0.214. The van der Waals surface area contributed by atoms with Crippen molar-refractivity contribution in [1.29, 1.82) is 0 Å². The van der Waals surface area contributed by atoms with E-state index in [4.69, 9.17) is 18.9 Å². The van der Waals surface area contributed by atoms with Gasteiger partial charge in [0, 0.05) is 0 Å². The van der Waals surface area contributed by atoms with Gasteiger partial charge in [0.15, 0.2) is 11.5 Å². The highest BCUT2D eigenvalue weighted by atomic mass is 16.7. The Kier molecular flexibility index (Phi) is 1.88. The van der Waals surface area contributed by atoms with E-state index in [-0.39, 0.29) is 6.79 Å². The molecule has 0 amide bonds. The lowest BCUT2D eigenvalue weighted by molar-refractivity contribution is 0.168. The Bertz CT molecular complexity index is 291. The molecule has 0 saturated heterocycles. The summed E-state index contributed by atoms with van der Waals surface area (Å²) in [5.41, 5.74) is 0. The first-order valence-electron chi connectivity index (χ1n) is 3.87. The van der Waals surface area contributed by atoms with Crippen LogP contribution in [0.25, 0.3) is 0 Å². The number of hydrogen-bond donors (Lipinski definition) is 0. The molecule has 0 aliphatic carbocycles. The molecule has 70 valence electrons. The lowest BCUT2D eigenvalue weighted by Crippen LogP contribution is -1.94. The molecule has 1 heterocycles. The van der Waals surface area contributed by atoms with Crippen molar-refractivity contribution in [3.63, 3.8) is 0 Å². The lowest BCUT2D eigenvalue weighted by Gasteiger charge is -2.07. The van der Waals surface area contributed by atoms with E-state index in [9.17, 15) is 0 Å². The van der Waals surface area contributed by atoms with Crippen molar-refractivity contribution in [2.45, 2.75) is 0 Å². The lowest BCUT2D eigenvalue weighted by atomic mass is 10.3. The zero-order valence-corrected chi connectivity index (χ0v) is 7.49. The van der Waals surface area contributed by atoms with Gasteiger partial charge in [-0.15, -0.1) is 0 Å². The van der Waals surface area contributed by atoms with E-state index in [1.165, 1.54) is 0 Å². The molecule has 1 aliphatic heterocycles. The van der Waals surface area contributed by atoms with Crippen LogP contribution in [-0.4, -0.2) is 21.0 Å². The topological polar surface area (TPSA) is 36.9 Å². The van der Waals surface area contributed by atoms with Crippen molar-refractivity contribution in [2.75, 3.05) is 21.0 Å². The fraction of sp³-hybridized carbons (Fsp3) is 0.333. The van der Waals surface area contributed by atoms with Gasteiger partial charge in [-0.2, -0.15) is 0 Å². The number of hydrogen-bond acceptors (Lipinski definition) is 4. The van der Waals surface area contributed by atoms with Crippen LogP contribution in [-0.2, 0) is 0 Å². The largest absolute Gasteiger partial charge is 0.493 e. The van der Waals surface area contributed by atoms with Gasteiger partial charge in [0.1, 0.15) is 0 Å². The summed E-state index contributed by atoms with van der Waals surface area (Å²) in [5.74, 6) is 2.55. The van der Waals surface area contributed by atoms with Crippen molar-refractivity contribution in [2.24, 2.45) is 0 Å². The standard InChI is InChI=1S/C9H10O4/c1-10-6-3-4-7(11-2)9-8(6)12-5-13-9/h3-4H,5H2,1-2H3. The summed E-state index contributed by atoms with van der Waals surface area (Å²) in [6.07, 6.45) is 0. The molecule has 0 unspecified atom stereocenters. The molecule has 0 spiro atoms. The number of fused-ring (bicyclic) bond motifs is 1. The van der Waals surface area contributed by atoms with Gasteiger partial charge in [0.05, 0.1) is 14.2 Å². The van der Waals surface area contributed by atoms with Crippen LogP contribution in [0.3, 0.4) is 0 Å². The molecule has 0 aromatic heterocycles. The Balaban J connectivity index is 2.52. The highest BCUT2D eigenvalue weighted by Gasteiger charge is 2.22. The fourth-order valence-corrected chi connectivity index (χ4v) is 1.27. The minimum Gasteiger partial charge on any atom is -0.493 e. The fourth-order valence-electron chi connectivity index (χ4n) is 1.27. The van der Waals surface area contributed by atoms with Crippen molar-refractivity contribution in [3.8, 4) is 23.0 Å². The first kappa shape index (κ1) is 8.04. The van der Waals surface area contributed by atoms with Crippen molar-refractivity contribution < 1.29 is 18.9 Å². The average molecular weight is 182 g/mol. The van der Waals surface area contributed by atoms with Gasteiger partial charge >= 0.3 is 0 Å². The van der Waals surface area contributed by atoms with Crippen LogP contribution in [0.2, 0.25) is 0 Å². The summed E-state index contributed by atoms with van der Waals surface area (Å²) < 4.78 is 20.7. The molecule has 0 bridgehead atoms. The Morgan fingerprint density at radius 3 is 1.85 bits per heavy atom. The highest BCUT2D eigenvalue weighted by Crippen LogP contribution is 2.46. The van der Waals surface area contributed by atoms with E-state index in [0.717, 1.165) is 0 Å². The van der Waals surface area contributed by atoms with E-state index in [1.807, 2.05) is 0 Å². The van der Waals surface area contributed by atoms with Gasteiger partial charge in [-0.1, -0.05) is 0 Å². The minimum atomic E-state index is 0.214. The maximum Gasteiger partial charge on any atom is 0.231 e. The van der Waals surface area contributed by atoms with Crippen LogP contribution in [0.15, 0.2) is 12.1 Å². The van der Waals surface area contributed by atoms with Crippen LogP contribution in [0.1, 0.15) is 0 Å².